The molecule has 2 saturated heterocycles. The largest absolute Gasteiger partial charge is 0.497 e. The third kappa shape index (κ3) is 5.96. The molecule has 2 aliphatic heterocycles. The Balaban J connectivity index is 1.48. The number of carbonyl (C=O) groups is 4. The van der Waals surface area contributed by atoms with Gasteiger partial charge in [-0.25, -0.2) is 4.79 Å². The second kappa shape index (κ2) is 12.0. The molecule has 2 aliphatic rings. The maximum Gasteiger partial charge on any atom is 0.330 e. The predicted octanol–water partition coefficient (Wildman–Crippen LogP) is 1.88. The van der Waals surface area contributed by atoms with Crippen LogP contribution in [0.5, 0.6) is 11.5 Å². The molecule has 2 amide bonds. The smallest absolute Gasteiger partial charge is 0.330 e. The maximum atomic E-state index is 13.4. The number of nitrogens with zero attached hydrogens (tertiary/aromatic N) is 1. The fraction of sp³-hybridized carbons (Fsp3) is 0.407. The summed E-state index contributed by atoms with van der Waals surface area (Å²) >= 11 is 1.20. The lowest BCUT2D eigenvalue weighted by Gasteiger charge is -2.44. The molecule has 0 saturated carbocycles. The van der Waals surface area contributed by atoms with E-state index in [1.54, 1.807) is 62.6 Å². The number of thioether (sulfide) groups is 1. The number of β-lactam (4-membered cyclic amide) rings is 1. The van der Waals surface area contributed by atoms with E-state index in [0.717, 1.165) is 5.56 Å². The van der Waals surface area contributed by atoms with Crippen LogP contribution in [0.1, 0.15) is 19.4 Å². The van der Waals surface area contributed by atoms with Gasteiger partial charge >= 0.3 is 11.9 Å². The standard InChI is InChI=1S/C27H30N2O9S/c1-16(30)38-26(35-4)27(2)22(25(33)37-14-17-10-12-18(34-3)13-11-17)29-23(32)21(24(29)39-27)28-20(31)15-36-19-8-6-5-7-9-19/h5-13,21-22,24,26H,14-15H2,1-4H3,(H,28,31)/t21-,22+,24-,26-,27-/m1/s1. The van der Waals surface area contributed by atoms with Gasteiger partial charge in [-0.05, 0) is 36.8 Å². The number of rotatable bonds is 11. The topological polar surface area (TPSA) is 130 Å². The molecule has 2 fully saturated rings. The van der Waals surface area contributed by atoms with Crippen LogP contribution in [0.15, 0.2) is 54.6 Å². The molecule has 11 nitrogen and oxygen atoms in total. The molecule has 0 unspecified atom stereocenters. The summed E-state index contributed by atoms with van der Waals surface area (Å²) < 4.78 is 25.8. The van der Waals surface area contributed by atoms with E-state index in [-0.39, 0.29) is 13.2 Å². The van der Waals surface area contributed by atoms with E-state index in [2.05, 4.69) is 5.32 Å². The van der Waals surface area contributed by atoms with E-state index in [9.17, 15) is 19.2 Å². The third-order valence-corrected chi connectivity index (χ3v) is 8.09. The summed E-state index contributed by atoms with van der Waals surface area (Å²) in [6.45, 7) is 2.55. The molecule has 0 aliphatic carbocycles. The summed E-state index contributed by atoms with van der Waals surface area (Å²) in [6.07, 6.45) is -1.17. The second-order valence-electron chi connectivity index (χ2n) is 9.12. The van der Waals surface area contributed by atoms with Crippen LogP contribution < -0.4 is 14.8 Å². The van der Waals surface area contributed by atoms with Crippen molar-refractivity contribution in [2.45, 2.75) is 48.9 Å². The van der Waals surface area contributed by atoms with Crippen molar-refractivity contribution in [2.75, 3.05) is 20.8 Å². The number of ether oxygens (including phenoxy) is 5. The van der Waals surface area contributed by atoms with Gasteiger partial charge in [0.2, 0.25) is 12.2 Å². The Morgan fingerprint density at radius 2 is 1.74 bits per heavy atom. The first-order valence-electron chi connectivity index (χ1n) is 12.1. The predicted molar refractivity (Wildman–Crippen MR) is 140 cm³/mol. The van der Waals surface area contributed by atoms with E-state index in [1.165, 1.54) is 30.7 Å². The quantitative estimate of drug-likeness (QED) is 0.248. The molecule has 1 N–H and O–H groups in total. The van der Waals surface area contributed by atoms with Crippen molar-refractivity contribution in [1.82, 2.24) is 10.2 Å². The molecule has 2 heterocycles. The van der Waals surface area contributed by atoms with E-state index >= 15 is 0 Å². The number of para-hydroxylation sites is 1. The normalized spacial score (nSPS) is 24.2. The number of fused-ring (bicyclic) bond motifs is 1. The molecule has 39 heavy (non-hydrogen) atoms. The van der Waals surface area contributed by atoms with Gasteiger partial charge in [0, 0.05) is 14.0 Å². The molecule has 0 aromatic heterocycles. The van der Waals surface area contributed by atoms with Crippen LogP contribution in [0.2, 0.25) is 0 Å². The molecule has 208 valence electrons. The van der Waals surface area contributed by atoms with Gasteiger partial charge in [0.1, 0.15) is 34.3 Å². The fourth-order valence-corrected chi connectivity index (χ4v) is 6.31. The average Bonchev–Trinajstić information content (AvgIpc) is 3.23. The van der Waals surface area contributed by atoms with E-state index < -0.39 is 52.2 Å². The summed E-state index contributed by atoms with van der Waals surface area (Å²) in [4.78, 5) is 52.4. The number of nitrogens with one attached hydrogen (secondary N) is 1. The minimum absolute atomic E-state index is 0.0467. The van der Waals surface area contributed by atoms with E-state index in [0.29, 0.717) is 11.5 Å². The minimum atomic E-state index is -1.22. The van der Waals surface area contributed by atoms with Crippen molar-refractivity contribution >= 4 is 35.5 Å². The van der Waals surface area contributed by atoms with Crippen LogP contribution >= 0.6 is 11.8 Å². The Morgan fingerprint density at radius 3 is 2.36 bits per heavy atom. The Labute approximate surface area is 230 Å². The number of amides is 2. The maximum absolute atomic E-state index is 13.4. The Kier molecular flexibility index (Phi) is 8.66. The van der Waals surface area contributed by atoms with Gasteiger partial charge in [-0.2, -0.15) is 0 Å². The summed E-state index contributed by atoms with van der Waals surface area (Å²) in [6, 6.07) is 13.7. The lowest BCUT2D eigenvalue weighted by Crippen LogP contribution is -2.71. The molecular weight excluding hydrogens is 528 g/mol. The SMILES string of the molecule is COc1ccc(COC(=O)[C@@H]2N3C(=O)[C@@H](NC(=O)COc4ccccc4)[C@H]3S[C@@]2(C)[C@H](OC)OC(C)=O)cc1. The molecule has 2 aromatic rings. The van der Waals surface area contributed by atoms with Crippen molar-refractivity contribution in [2.24, 2.45) is 0 Å². The minimum Gasteiger partial charge on any atom is -0.497 e. The van der Waals surface area contributed by atoms with Crippen LogP contribution in [0, 0.1) is 0 Å². The number of carbonyl (C=O) groups excluding carboxylic acids is 4. The van der Waals surface area contributed by atoms with Crippen molar-refractivity contribution < 1.29 is 42.9 Å². The van der Waals surface area contributed by atoms with Crippen LogP contribution in [0.25, 0.3) is 0 Å². The van der Waals surface area contributed by atoms with Gasteiger partial charge in [-0.3, -0.25) is 14.4 Å². The number of hydrogen-bond donors (Lipinski definition) is 1. The summed E-state index contributed by atoms with van der Waals surface area (Å²) in [5.41, 5.74) is 0.717. The van der Waals surface area contributed by atoms with Gasteiger partial charge in [0.05, 0.1) is 7.11 Å². The fourth-order valence-electron chi connectivity index (χ4n) is 4.54. The lowest BCUT2D eigenvalue weighted by molar-refractivity contribution is -0.188. The van der Waals surface area contributed by atoms with Gasteiger partial charge in [0.15, 0.2) is 12.6 Å². The van der Waals surface area contributed by atoms with Crippen molar-refractivity contribution in [3.8, 4) is 11.5 Å². The van der Waals surface area contributed by atoms with Crippen LogP contribution in [0.3, 0.4) is 0 Å². The third-order valence-electron chi connectivity index (χ3n) is 6.42. The zero-order valence-electron chi connectivity index (χ0n) is 21.9. The molecule has 0 radical (unpaired) electrons. The number of methoxy groups -OCH3 is 2. The number of benzene rings is 2. The van der Waals surface area contributed by atoms with Crippen molar-refractivity contribution in [3.63, 3.8) is 0 Å². The zero-order valence-corrected chi connectivity index (χ0v) is 22.8. The molecule has 4 rings (SSSR count). The highest BCUT2D eigenvalue weighted by atomic mass is 32.2. The van der Waals surface area contributed by atoms with Gasteiger partial charge in [-0.15, -0.1) is 11.8 Å². The van der Waals surface area contributed by atoms with Gasteiger partial charge in [-0.1, -0.05) is 30.3 Å². The summed E-state index contributed by atoms with van der Waals surface area (Å²) in [5, 5.41) is 2.07. The van der Waals surface area contributed by atoms with Crippen LogP contribution in [-0.2, 0) is 40.0 Å². The number of esters is 2. The Bertz CT molecular complexity index is 1210. The first kappa shape index (κ1) is 28.2. The van der Waals surface area contributed by atoms with Crippen molar-refractivity contribution in [1.29, 1.82) is 0 Å². The van der Waals surface area contributed by atoms with Gasteiger partial charge in [0.25, 0.3) is 5.91 Å². The van der Waals surface area contributed by atoms with E-state index in [1.807, 2.05) is 6.07 Å². The average molecular weight is 559 g/mol. The molecular formula is C27H30N2O9S. The zero-order chi connectivity index (χ0) is 28.2. The lowest BCUT2D eigenvalue weighted by atomic mass is 9.93. The van der Waals surface area contributed by atoms with Crippen LogP contribution in [0.4, 0.5) is 0 Å². The van der Waals surface area contributed by atoms with E-state index in [4.69, 9.17) is 23.7 Å². The Morgan fingerprint density at radius 1 is 1.05 bits per heavy atom. The highest BCUT2D eigenvalue weighted by molar-refractivity contribution is 8.01. The van der Waals surface area contributed by atoms with Gasteiger partial charge < -0.3 is 33.9 Å². The molecule has 0 bridgehead atoms. The monoisotopic (exact) mass is 558 g/mol. The molecule has 12 heteroatoms. The molecule has 2 aromatic carbocycles. The first-order valence-corrected chi connectivity index (χ1v) is 13.0. The van der Waals surface area contributed by atoms with Crippen molar-refractivity contribution in [3.05, 3.63) is 60.2 Å². The Hall–Kier alpha value is -3.77. The summed E-state index contributed by atoms with van der Waals surface area (Å²) in [7, 11) is 2.90. The highest BCUT2D eigenvalue weighted by Crippen LogP contribution is 2.53. The highest BCUT2D eigenvalue weighted by Gasteiger charge is 2.69. The number of hydrogen-bond acceptors (Lipinski definition) is 10. The second-order valence-corrected chi connectivity index (χ2v) is 10.7. The molecule has 0 spiro atoms. The summed E-state index contributed by atoms with van der Waals surface area (Å²) in [5.74, 6) is -1.09. The first-order chi connectivity index (χ1) is 18.7. The van der Waals surface area contributed by atoms with Crippen LogP contribution in [-0.4, -0.2) is 78.0 Å². The molecule has 5 atom stereocenters.